The van der Waals surface area contributed by atoms with Crippen molar-refractivity contribution in [2.45, 2.75) is 188 Å². The fourth-order valence-corrected chi connectivity index (χ4v) is 5.61. The lowest BCUT2D eigenvalue weighted by atomic mass is 10.1. The first kappa shape index (κ1) is 40.4. The highest BCUT2D eigenvalue weighted by Crippen LogP contribution is 2.13. The van der Waals surface area contributed by atoms with Gasteiger partial charge >= 0.3 is 5.97 Å². The summed E-state index contributed by atoms with van der Waals surface area (Å²) in [6.07, 6.45) is 32.3. The fraction of sp³-hybridized carbons (Fsp3) is 0.972. The maximum absolute atomic E-state index is 12.4. The molecule has 1 N–H and O–H groups in total. The summed E-state index contributed by atoms with van der Waals surface area (Å²) in [5, 5.41) is 11.4. The number of hydroxylamine groups is 2. The largest absolute Gasteiger partial charge is 0.395 e. The summed E-state index contributed by atoms with van der Waals surface area (Å²) in [6.45, 7) is 11.9. The first-order valence-electron chi connectivity index (χ1n) is 18.5. The highest BCUT2D eigenvalue weighted by molar-refractivity contribution is 5.68. The predicted molar refractivity (Wildman–Crippen MR) is 178 cm³/mol. The van der Waals surface area contributed by atoms with E-state index in [4.69, 9.17) is 4.84 Å². The summed E-state index contributed by atoms with van der Waals surface area (Å²) in [5.41, 5.74) is 0. The number of hydrogen-bond acceptors (Lipinski definition) is 5. The van der Waals surface area contributed by atoms with Crippen molar-refractivity contribution in [2.24, 2.45) is 0 Å². The van der Waals surface area contributed by atoms with Crippen LogP contribution >= 0.6 is 0 Å². The Balaban J connectivity index is 3.79. The monoisotopic (exact) mass is 583 g/mol. The van der Waals surface area contributed by atoms with Crippen LogP contribution < -0.4 is 0 Å². The van der Waals surface area contributed by atoms with Crippen molar-refractivity contribution in [3.8, 4) is 0 Å². The van der Waals surface area contributed by atoms with Crippen molar-refractivity contribution in [2.75, 3.05) is 39.3 Å². The van der Waals surface area contributed by atoms with Gasteiger partial charge in [-0.3, -0.25) is 4.79 Å². The Bertz CT molecular complexity index is 505. The third-order valence-electron chi connectivity index (χ3n) is 8.35. The van der Waals surface area contributed by atoms with Crippen molar-refractivity contribution >= 4 is 5.97 Å². The van der Waals surface area contributed by atoms with Crippen LogP contribution in [0.25, 0.3) is 0 Å². The number of aliphatic hydroxyl groups is 1. The van der Waals surface area contributed by atoms with Crippen molar-refractivity contribution < 1.29 is 14.7 Å². The Hall–Kier alpha value is -0.650. The first-order chi connectivity index (χ1) is 20.2. The van der Waals surface area contributed by atoms with Gasteiger partial charge in [0.2, 0.25) is 0 Å². The molecule has 0 amide bonds. The van der Waals surface area contributed by atoms with Gasteiger partial charge in [0.15, 0.2) is 0 Å². The van der Waals surface area contributed by atoms with Crippen molar-refractivity contribution in [1.82, 2.24) is 9.96 Å². The van der Waals surface area contributed by atoms with Crippen LogP contribution in [-0.4, -0.2) is 60.4 Å². The molecule has 246 valence electrons. The number of carbonyl (C=O) groups is 1. The van der Waals surface area contributed by atoms with Crippen LogP contribution in [0.15, 0.2) is 0 Å². The van der Waals surface area contributed by atoms with E-state index in [1.165, 1.54) is 135 Å². The second-order valence-corrected chi connectivity index (χ2v) is 12.5. The Morgan fingerprint density at radius 3 is 1.22 bits per heavy atom. The van der Waals surface area contributed by atoms with E-state index >= 15 is 0 Å². The van der Waals surface area contributed by atoms with E-state index in [-0.39, 0.29) is 12.6 Å². The maximum Gasteiger partial charge on any atom is 0.325 e. The molecule has 0 radical (unpaired) electrons. The van der Waals surface area contributed by atoms with Crippen LogP contribution in [0.2, 0.25) is 0 Å². The van der Waals surface area contributed by atoms with E-state index in [2.05, 4.69) is 25.7 Å². The molecular formula is C36H74N2O3. The van der Waals surface area contributed by atoms with E-state index in [0.29, 0.717) is 6.42 Å². The molecule has 0 aliphatic heterocycles. The normalized spacial score (nSPS) is 11.7. The van der Waals surface area contributed by atoms with Gasteiger partial charge in [-0.15, -0.1) is 5.06 Å². The minimum absolute atomic E-state index is 0.0395. The zero-order chi connectivity index (χ0) is 30.1. The van der Waals surface area contributed by atoms with E-state index in [1.54, 1.807) is 0 Å². The Morgan fingerprint density at radius 2 is 0.805 bits per heavy atom. The zero-order valence-electron chi connectivity index (χ0n) is 28.3. The highest BCUT2D eigenvalue weighted by Gasteiger charge is 2.11. The Kier molecular flexibility index (Phi) is 33.3. The summed E-state index contributed by atoms with van der Waals surface area (Å²) in [7, 11) is 0. The summed E-state index contributed by atoms with van der Waals surface area (Å²) in [6, 6.07) is 0. The SMILES string of the molecule is CCCCCCCCCCCCN(CCO)CCCCCCCCCC(=O)ON(CCCCCC)CCCCCC. The number of aliphatic hydroxyl groups excluding tert-OH is 1. The molecule has 0 aromatic heterocycles. The lowest BCUT2D eigenvalue weighted by molar-refractivity contribution is -0.191. The molecule has 0 aliphatic rings. The molecule has 0 heterocycles. The third-order valence-corrected chi connectivity index (χ3v) is 8.35. The second kappa shape index (κ2) is 33.8. The molecule has 0 aliphatic carbocycles. The van der Waals surface area contributed by atoms with Crippen LogP contribution in [0, 0.1) is 0 Å². The summed E-state index contributed by atoms with van der Waals surface area (Å²) in [5.74, 6) is -0.0395. The van der Waals surface area contributed by atoms with Gasteiger partial charge in [0, 0.05) is 26.1 Å². The lowest BCUT2D eigenvalue weighted by Crippen LogP contribution is -2.29. The average molecular weight is 583 g/mol. The fourth-order valence-electron chi connectivity index (χ4n) is 5.61. The van der Waals surface area contributed by atoms with Crippen LogP contribution in [0.1, 0.15) is 188 Å². The highest BCUT2D eigenvalue weighted by atomic mass is 16.7. The maximum atomic E-state index is 12.4. The molecule has 5 heteroatoms. The van der Waals surface area contributed by atoms with E-state index in [9.17, 15) is 9.90 Å². The average Bonchev–Trinajstić information content (AvgIpc) is 2.97. The van der Waals surface area contributed by atoms with Gasteiger partial charge in [-0.05, 0) is 45.2 Å². The van der Waals surface area contributed by atoms with Gasteiger partial charge < -0.3 is 14.8 Å². The van der Waals surface area contributed by atoms with Crippen LogP contribution in [0.5, 0.6) is 0 Å². The topological polar surface area (TPSA) is 53.0 Å². The number of nitrogens with zero attached hydrogens (tertiary/aromatic N) is 2. The summed E-state index contributed by atoms with van der Waals surface area (Å²) < 4.78 is 0. The van der Waals surface area contributed by atoms with E-state index in [1.807, 2.05) is 5.06 Å². The summed E-state index contributed by atoms with van der Waals surface area (Å²) >= 11 is 0. The molecule has 0 saturated heterocycles. The lowest BCUT2D eigenvalue weighted by Gasteiger charge is -2.21. The summed E-state index contributed by atoms with van der Waals surface area (Å²) in [4.78, 5) is 20.6. The quantitative estimate of drug-likeness (QED) is 0.0604. The van der Waals surface area contributed by atoms with Gasteiger partial charge in [-0.25, -0.2) is 0 Å². The van der Waals surface area contributed by atoms with Crippen molar-refractivity contribution in [3.05, 3.63) is 0 Å². The Morgan fingerprint density at radius 1 is 0.463 bits per heavy atom. The van der Waals surface area contributed by atoms with Gasteiger partial charge in [0.05, 0.1) is 6.61 Å². The van der Waals surface area contributed by atoms with Gasteiger partial charge in [0.25, 0.3) is 0 Å². The molecule has 0 saturated carbocycles. The van der Waals surface area contributed by atoms with E-state index in [0.717, 1.165) is 58.4 Å². The van der Waals surface area contributed by atoms with Crippen LogP contribution in [0.3, 0.4) is 0 Å². The van der Waals surface area contributed by atoms with Gasteiger partial charge in [-0.2, -0.15) is 0 Å². The number of unbranched alkanes of at least 4 members (excludes halogenated alkanes) is 21. The molecule has 0 unspecified atom stereocenters. The molecule has 0 spiro atoms. The molecule has 0 rings (SSSR count). The van der Waals surface area contributed by atoms with Crippen molar-refractivity contribution in [3.63, 3.8) is 0 Å². The zero-order valence-corrected chi connectivity index (χ0v) is 28.3. The molecular weight excluding hydrogens is 508 g/mol. The standard InChI is InChI=1S/C36H74N2O3/c1-4-7-10-13-14-15-16-19-22-25-30-37(34-35-39)31-26-23-20-17-18-21-24-29-36(40)41-38(32-27-11-8-5-2)33-28-12-9-6-3/h39H,4-35H2,1-3H3. The molecule has 41 heavy (non-hydrogen) atoms. The van der Waals surface area contributed by atoms with Crippen LogP contribution in [-0.2, 0) is 9.63 Å². The smallest absolute Gasteiger partial charge is 0.325 e. The van der Waals surface area contributed by atoms with Gasteiger partial charge in [0.1, 0.15) is 0 Å². The van der Waals surface area contributed by atoms with E-state index < -0.39 is 0 Å². The minimum atomic E-state index is -0.0395. The molecule has 0 aromatic carbocycles. The molecule has 0 fully saturated rings. The third kappa shape index (κ3) is 30.6. The number of carbonyl (C=O) groups excluding carboxylic acids is 1. The minimum Gasteiger partial charge on any atom is -0.395 e. The Labute approximate surface area is 257 Å². The number of rotatable bonds is 34. The van der Waals surface area contributed by atoms with Gasteiger partial charge in [-0.1, -0.05) is 149 Å². The molecule has 0 atom stereocenters. The molecule has 0 aromatic rings. The predicted octanol–water partition coefficient (Wildman–Crippen LogP) is 10.2. The van der Waals surface area contributed by atoms with Crippen LogP contribution in [0.4, 0.5) is 0 Å². The second-order valence-electron chi connectivity index (χ2n) is 12.5. The molecule has 0 bridgehead atoms. The van der Waals surface area contributed by atoms with Crippen molar-refractivity contribution in [1.29, 1.82) is 0 Å². The molecule has 5 nitrogen and oxygen atoms in total. The first-order valence-corrected chi connectivity index (χ1v) is 18.5. The number of hydrogen-bond donors (Lipinski definition) is 1.